The first kappa shape index (κ1) is 15.3. The molecule has 5 heteroatoms. The minimum Gasteiger partial charge on any atom is -0.392 e. The lowest BCUT2D eigenvalue weighted by Gasteiger charge is -2.26. The Morgan fingerprint density at radius 2 is 2.30 bits per heavy atom. The molecular formula is C15H20FNO2S. The number of aliphatic hydroxyl groups excluding tert-OH is 1. The topological polar surface area (TPSA) is 49.3 Å². The predicted octanol–water partition coefficient (Wildman–Crippen LogP) is 2.89. The van der Waals surface area contributed by atoms with Gasteiger partial charge in [-0.3, -0.25) is 4.79 Å². The number of benzene rings is 1. The van der Waals surface area contributed by atoms with Crippen molar-refractivity contribution in [1.29, 1.82) is 0 Å². The van der Waals surface area contributed by atoms with E-state index in [1.807, 2.05) is 13.8 Å². The summed E-state index contributed by atoms with van der Waals surface area (Å²) in [7, 11) is 0. The van der Waals surface area contributed by atoms with E-state index in [4.69, 9.17) is 0 Å². The van der Waals surface area contributed by atoms with E-state index in [1.54, 1.807) is 17.8 Å². The smallest absolute Gasteiger partial charge is 0.223 e. The van der Waals surface area contributed by atoms with Gasteiger partial charge in [-0.1, -0.05) is 13.8 Å². The van der Waals surface area contributed by atoms with Gasteiger partial charge in [-0.15, -0.1) is 11.8 Å². The molecule has 0 bridgehead atoms. The summed E-state index contributed by atoms with van der Waals surface area (Å²) in [5, 5.41) is 12.6. The molecule has 0 saturated heterocycles. The highest BCUT2D eigenvalue weighted by Gasteiger charge is 2.24. The molecule has 0 aromatic heterocycles. The molecule has 2 unspecified atom stereocenters. The normalized spacial score (nSPS) is 19.6. The highest BCUT2D eigenvalue weighted by Crippen LogP contribution is 2.36. The number of carbonyl (C=O) groups excluding carboxylic acids is 1. The Morgan fingerprint density at radius 1 is 1.55 bits per heavy atom. The van der Waals surface area contributed by atoms with Gasteiger partial charge in [0.2, 0.25) is 5.91 Å². The summed E-state index contributed by atoms with van der Waals surface area (Å²) in [6.07, 6.45) is 0.233. The van der Waals surface area contributed by atoms with Crippen LogP contribution in [0, 0.1) is 11.7 Å². The molecule has 20 heavy (non-hydrogen) atoms. The Morgan fingerprint density at radius 3 is 3.00 bits per heavy atom. The number of fused-ring (bicyclic) bond motifs is 1. The minimum atomic E-state index is -0.639. The Kier molecular flexibility index (Phi) is 5.05. The van der Waals surface area contributed by atoms with E-state index in [9.17, 15) is 14.3 Å². The van der Waals surface area contributed by atoms with Crippen molar-refractivity contribution in [1.82, 2.24) is 5.32 Å². The second-order valence-electron chi connectivity index (χ2n) is 5.45. The van der Waals surface area contributed by atoms with Gasteiger partial charge < -0.3 is 10.4 Å². The summed E-state index contributed by atoms with van der Waals surface area (Å²) in [6, 6.07) is 4.54. The summed E-state index contributed by atoms with van der Waals surface area (Å²) in [4.78, 5) is 13.0. The maximum Gasteiger partial charge on any atom is 0.223 e. The van der Waals surface area contributed by atoms with Crippen molar-refractivity contribution >= 4 is 17.7 Å². The van der Waals surface area contributed by atoms with Gasteiger partial charge >= 0.3 is 0 Å². The van der Waals surface area contributed by atoms with E-state index in [-0.39, 0.29) is 30.1 Å². The lowest BCUT2D eigenvalue weighted by atomic mass is 10.0. The lowest BCUT2D eigenvalue weighted by molar-refractivity contribution is -0.124. The second-order valence-corrected chi connectivity index (χ2v) is 6.59. The van der Waals surface area contributed by atoms with Crippen molar-refractivity contribution in [3.05, 3.63) is 29.6 Å². The molecule has 1 aliphatic heterocycles. The number of amides is 1. The van der Waals surface area contributed by atoms with Crippen LogP contribution in [-0.4, -0.2) is 22.9 Å². The fraction of sp³-hybridized carbons (Fsp3) is 0.533. The Balaban J connectivity index is 2.04. The maximum absolute atomic E-state index is 13.4. The number of thioether (sulfide) groups is 1. The molecule has 0 spiro atoms. The van der Waals surface area contributed by atoms with Crippen molar-refractivity contribution in [2.45, 2.75) is 43.7 Å². The summed E-state index contributed by atoms with van der Waals surface area (Å²) in [5.74, 6) is 0.481. The van der Waals surface area contributed by atoms with E-state index >= 15 is 0 Å². The molecule has 1 aromatic carbocycles. The molecule has 1 aliphatic rings. The number of hydrogen-bond donors (Lipinski definition) is 2. The van der Waals surface area contributed by atoms with Crippen LogP contribution in [0.15, 0.2) is 23.1 Å². The number of aliphatic hydroxyl groups is 1. The SMILES string of the molecule is CC(C)C(O)CC(=O)NC1CCSc2ccc(F)cc21. The van der Waals surface area contributed by atoms with Crippen LogP contribution < -0.4 is 5.32 Å². The summed E-state index contributed by atoms with van der Waals surface area (Å²) < 4.78 is 13.4. The zero-order valence-corrected chi connectivity index (χ0v) is 12.5. The van der Waals surface area contributed by atoms with Gasteiger partial charge in [0.05, 0.1) is 18.6 Å². The summed E-state index contributed by atoms with van der Waals surface area (Å²) >= 11 is 1.68. The van der Waals surface area contributed by atoms with Crippen LogP contribution in [-0.2, 0) is 4.79 Å². The predicted molar refractivity (Wildman–Crippen MR) is 78.1 cm³/mol. The van der Waals surface area contributed by atoms with Crippen LogP contribution in [0.5, 0.6) is 0 Å². The van der Waals surface area contributed by atoms with Crippen molar-refractivity contribution in [3.63, 3.8) is 0 Å². The molecule has 3 nitrogen and oxygen atoms in total. The van der Waals surface area contributed by atoms with Crippen LogP contribution in [0.4, 0.5) is 4.39 Å². The third kappa shape index (κ3) is 3.73. The molecular weight excluding hydrogens is 277 g/mol. The average Bonchev–Trinajstić information content (AvgIpc) is 2.39. The van der Waals surface area contributed by atoms with Crippen LogP contribution in [0.3, 0.4) is 0 Å². The van der Waals surface area contributed by atoms with Gasteiger partial charge in [0.1, 0.15) is 5.82 Å². The van der Waals surface area contributed by atoms with E-state index < -0.39 is 6.10 Å². The number of nitrogens with one attached hydrogen (secondary N) is 1. The van der Waals surface area contributed by atoms with Gasteiger partial charge in [-0.05, 0) is 36.1 Å². The van der Waals surface area contributed by atoms with Crippen LogP contribution in [0.25, 0.3) is 0 Å². The highest BCUT2D eigenvalue weighted by molar-refractivity contribution is 7.99. The van der Waals surface area contributed by atoms with E-state index in [2.05, 4.69) is 5.32 Å². The monoisotopic (exact) mass is 297 g/mol. The Hall–Kier alpha value is -1.07. The first-order chi connectivity index (χ1) is 9.47. The Bertz CT molecular complexity index is 493. The van der Waals surface area contributed by atoms with Crippen LogP contribution in [0.2, 0.25) is 0 Å². The standard InChI is InChI=1S/C15H20FNO2S/c1-9(2)13(18)8-15(19)17-12-5-6-20-14-4-3-10(16)7-11(12)14/h3-4,7,9,12-13,18H,5-6,8H2,1-2H3,(H,17,19). The molecule has 0 fully saturated rings. The third-order valence-electron chi connectivity index (χ3n) is 3.51. The number of halogens is 1. The first-order valence-electron chi connectivity index (χ1n) is 6.87. The molecule has 0 aliphatic carbocycles. The minimum absolute atomic E-state index is 0.0485. The average molecular weight is 297 g/mol. The van der Waals surface area contributed by atoms with Crippen molar-refractivity contribution in [3.8, 4) is 0 Å². The Labute approximate surface area is 123 Å². The van der Waals surface area contributed by atoms with Crippen LogP contribution >= 0.6 is 11.8 Å². The summed E-state index contributed by atoms with van der Waals surface area (Å²) in [5.41, 5.74) is 0.841. The van der Waals surface area contributed by atoms with E-state index in [0.717, 1.165) is 22.6 Å². The van der Waals surface area contributed by atoms with E-state index in [0.29, 0.717) is 0 Å². The first-order valence-corrected chi connectivity index (χ1v) is 7.85. The largest absolute Gasteiger partial charge is 0.392 e. The highest BCUT2D eigenvalue weighted by atomic mass is 32.2. The molecule has 2 atom stereocenters. The van der Waals surface area contributed by atoms with Crippen molar-refractivity contribution < 1.29 is 14.3 Å². The zero-order valence-electron chi connectivity index (χ0n) is 11.7. The molecule has 0 saturated carbocycles. The fourth-order valence-corrected chi connectivity index (χ4v) is 3.30. The van der Waals surface area contributed by atoms with Gasteiger partial charge in [0, 0.05) is 10.6 Å². The lowest BCUT2D eigenvalue weighted by Crippen LogP contribution is -2.34. The van der Waals surface area contributed by atoms with Gasteiger partial charge in [-0.2, -0.15) is 0 Å². The number of rotatable bonds is 4. The molecule has 2 rings (SSSR count). The zero-order chi connectivity index (χ0) is 14.7. The molecule has 0 radical (unpaired) electrons. The quantitative estimate of drug-likeness (QED) is 0.898. The van der Waals surface area contributed by atoms with Crippen molar-refractivity contribution in [2.75, 3.05) is 5.75 Å². The van der Waals surface area contributed by atoms with Crippen LogP contribution in [0.1, 0.15) is 38.3 Å². The van der Waals surface area contributed by atoms with Gasteiger partial charge in [0.25, 0.3) is 0 Å². The number of carbonyl (C=O) groups is 1. The molecule has 1 aromatic rings. The second kappa shape index (κ2) is 6.59. The molecule has 110 valence electrons. The van der Waals surface area contributed by atoms with Gasteiger partial charge in [0.15, 0.2) is 0 Å². The molecule has 1 heterocycles. The number of hydrogen-bond acceptors (Lipinski definition) is 3. The maximum atomic E-state index is 13.4. The fourth-order valence-electron chi connectivity index (χ4n) is 2.19. The summed E-state index contributed by atoms with van der Waals surface area (Å²) in [6.45, 7) is 3.75. The van der Waals surface area contributed by atoms with E-state index in [1.165, 1.54) is 12.1 Å². The van der Waals surface area contributed by atoms with Crippen molar-refractivity contribution in [2.24, 2.45) is 5.92 Å². The van der Waals surface area contributed by atoms with Gasteiger partial charge in [-0.25, -0.2) is 4.39 Å². The molecule has 1 amide bonds. The molecule has 2 N–H and O–H groups in total. The third-order valence-corrected chi connectivity index (χ3v) is 4.63.